The molecule has 0 saturated carbocycles. The fraction of sp³-hybridized carbons (Fsp3) is 0.417. The van der Waals surface area contributed by atoms with Crippen molar-refractivity contribution in [3.8, 4) is 0 Å². The van der Waals surface area contributed by atoms with Gasteiger partial charge in [-0.1, -0.05) is 24.3 Å². The molecule has 1 aromatic carbocycles. The standard InChI is InChI=1S/C12H17NO4S/c1-12(2,18(3,16)17)9-6-4-8(5-7-9)10(13)11(14)15/h4-7,10H,13H2,1-3H3,(H,14,15). The van der Waals surface area contributed by atoms with Crippen molar-refractivity contribution < 1.29 is 18.3 Å². The Balaban J connectivity index is 3.15. The molecule has 0 fully saturated rings. The molecule has 1 aromatic rings. The number of aliphatic carboxylic acids is 1. The van der Waals surface area contributed by atoms with Crippen LogP contribution in [0.1, 0.15) is 31.0 Å². The van der Waals surface area contributed by atoms with Gasteiger partial charge in [0.05, 0.1) is 4.75 Å². The molecule has 6 heteroatoms. The molecular weight excluding hydrogens is 254 g/mol. The van der Waals surface area contributed by atoms with Gasteiger partial charge in [-0.2, -0.15) is 0 Å². The molecule has 0 heterocycles. The molecule has 5 nitrogen and oxygen atoms in total. The zero-order chi connectivity index (χ0) is 14.1. The van der Waals surface area contributed by atoms with Crippen molar-refractivity contribution in [2.45, 2.75) is 24.6 Å². The summed E-state index contributed by atoms with van der Waals surface area (Å²) in [4.78, 5) is 10.7. The summed E-state index contributed by atoms with van der Waals surface area (Å²) in [6.45, 7) is 3.21. The van der Waals surface area contributed by atoms with Crippen LogP contribution in [-0.4, -0.2) is 25.7 Å². The number of benzene rings is 1. The van der Waals surface area contributed by atoms with Crippen molar-refractivity contribution in [3.05, 3.63) is 35.4 Å². The predicted molar refractivity (Wildman–Crippen MR) is 68.9 cm³/mol. The minimum atomic E-state index is -3.25. The molecule has 0 bridgehead atoms. The van der Waals surface area contributed by atoms with Crippen LogP contribution in [0, 0.1) is 0 Å². The average Bonchev–Trinajstić information content (AvgIpc) is 2.26. The van der Waals surface area contributed by atoms with Crippen molar-refractivity contribution in [3.63, 3.8) is 0 Å². The van der Waals surface area contributed by atoms with E-state index < -0.39 is 26.6 Å². The molecular formula is C12H17NO4S. The van der Waals surface area contributed by atoms with Gasteiger partial charge >= 0.3 is 5.97 Å². The van der Waals surface area contributed by atoms with Gasteiger partial charge in [-0.05, 0) is 25.0 Å². The van der Waals surface area contributed by atoms with Crippen molar-refractivity contribution in [2.24, 2.45) is 5.73 Å². The van der Waals surface area contributed by atoms with Crippen molar-refractivity contribution >= 4 is 15.8 Å². The Bertz CT molecular complexity index is 546. The monoisotopic (exact) mass is 271 g/mol. The molecule has 0 amide bonds. The third-order valence-electron chi connectivity index (χ3n) is 3.16. The van der Waals surface area contributed by atoms with Crippen LogP contribution in [0.15, 0.2) is 24.3 Å². The number of rotatable bonds is 4. The van der Waals surface area contributed by atoms with E-state index >= 15 is 0 Å². The van der Waals surface area contributed by atoms with Gasteiger partial charge in [0.2, 0.25) is 0 Å². The van der Waals surface area contributed by atoms with Gasteiger partial charge in [0.25, 0.3) is 0 Å². The number of hydrogen-bond acceptors (Lipinski definition) is 4. The van der Waals surface area contributed by atoms with E-state index in [9.17, 15) is 13.2 Å². The predicted octanol–water partition coefficient (Wildman–Crippen LogP) is 1.05. The fourth-order valence-corrected chi connectivity index (χ4v) is 2.01. The smallest absolute Gasteiger partial charge is 0.325 e. The van der Waals surface area contributed by atoms with Gasteiger partial charge in [-0.3, -0.25) is 4.79 Å². The highest BCUT2D eigenvalue weighted by Crippen LogP contribution is 2.29. The molecule has 3 N–H and O–H groups in total. The first-order valence-corrected chi connectivity index (χ1v) is 7.25. The minimum absolute atomic E-state index is 0.440. The zero-order valence-electron chi connectivity index (χ0n) is 10.5. The molecule has 0 spiro atoms. The van der Waals surface area contributed by atoms with Gasteiger partial charge in [-0.15, -0.1) is 0 Å². The van der Waals surface area contributed by atoms with E-state index in [1.807, 2.05) is 0 Å². The number of sulfone groups is 1. The van der Waals surface area contributed by atoms with Crippen LogP contribution < -0.4 is 5.73 Å². The molecule has 1 unspecified atom stereocenters. The second kappa shape index (κ2) is 4.70. The molecule has 0 aliphatic heterocycles. The Hall–Kier alpha value is -1.40. The topological polar surface area (TPSA) is 97.5 Å². The number of carboxylic acids is 1. The normalized spacial score (nSPS) is 14.2. The molecule has 1 atom stereocenters. The second-order valence-electron chi connectivity index (χ2n) is 4.72. The van der Waals surface area contributed by atoms with E-state index in [2.05, 4.69) is 0 Å². The Morgan fingerprint density at radius 2 is 1.72 bits per heavy atom. The highest BCUT2D eigenvalue weighted by molar-refractivity contribution is 7.91. The first kappa shape index (κ1) is 14.7. The average molecular weight is 271 g/mol. The first-order valence-electron chi connectivity index (χ1n) is 5.36. The van der Waals surface area contributed by atoms with Crippen LogP contribution in [0.2, 0.25) is 0 Å². The zero-order valence-corrected chi connectivity index (χ0v) is 11.4. The lowest BCUT2D eigenvalue weighted by Gasteiger charge is -2.23. The van der Waals surface area contributed by atoms with Crippen molar-refractivity contribution in [2.75, 3.05) is 6.26 Å². The van der Waals surface area contributed by atoms with Crippen LogP contribution in [0.3, 0.4) is 0 Å². The summed E-state index contributed by atoms with van der Waals surface area (Å²) in [5.41, 5.74) is 6.51. The van der Waals surface area contributed by atoms with Crippen LogP contribution in [0.25, 0.3) is 0 Å². The van der Waals surface area contributed by atoms with Crippen molar-refractivity contribution in [1.29, 1.82) is 0 Å². The van der Waals surface area contributed by atoms with E-state index in [0.717, 1.165) is 0 Å². The van der Waals surface area contributed by atoms with E-state index in [-0.39, 0.29) is 0 Å². The van der Waals surface area contributed by atoms with Crippen molar-refractivity contribution in [1.82, 2.24) is 0 Å². The van der Waals surface area contributed by atoms with E-state index in [1.165, 1.54) is 6.26 Å². The maximum atomic E-state index is 11.7. The summed E-state index contributed by atoms with van der Waals surface area (Å²) >= 11 is 0. The Kier molecular flexibility index (Phi) is 3.83. The fourth-order valence-electron chi connectivity index (χ4n) is 1.45. The first-order chi connectivity index (χ1) is 8.07. The molecule has 0 aliphatic rings. The van der Waals surface area contributed by atoms with Crippen LogP contribution in [-0.2, 0) is 19.4 Å². The van der Waals surface area contributed by atoms with Gasteiger partial charge in [0, 0.05) is 6.26 Å². The van der Waals surface area contributed by atoms with Gasteiger partial charge in [0.1, 0.15) is 6.04 Å². The molecule has 0 aliphatic carbocycles. The Labute approximate surface area is 107 Å². The maximum Gasteiger partial charge on any atom is 0.325 e. The lowest BCUT2D eigenvalue weighted by Crippen LogP contribution is -2.28. The number of carbonyl (C=O) groups is 1. The SMILES string of the molecule is CC(C)(c1ccc(C(N)C(=O)O)cc1)S(C)(=O)=O. The molecule has 100 valence electrons. The second-order valence-corrected chi connectivity index (χ2v) is 7.29. The lowest BCUT2D eigenvalue weighted by molar-refractivity contribution is -0.138. The van der Waals surface area contributed by atoms with E-state index in [0.29, 0.717) is 11.1 Å². The van der Waals surface area contributed by atoms with Gasteiger partial charge in [0.15, 0.2) is 9.84 Å². The number of nitrogens with two attached hydrogens (primary N) is 1. The summed E-state index contributed by atoms with van der Waals surface area (Å²) < 4.78 is 22.3. The Morgan fingerprint density at radius 1 is 1.28 bits per heavy atom. The summed E-state index contributed by atoms with van der Waals surface area (Å²) in [7, 11) is -3.25. The van der Waals surface area contributed by atoms with Crippen LogP contribution >= 0.6 is 0 Å². The van der Waals surface area contributed by atoms with Gasteiger partial charge < -0.3 is 10.8 Å². The molecule has 18 heavy (non-hydrogen) atoms. The lowest BCUT2D eigenvalue weighted by atomic mass is 9.98. The van der Waals surface area contributed by atoms with E-state index in [4.69, 9.17) is 10.8 Å². The third-order valence-corrected chi connectivity index (χ3v) is 5.25. The molecule has 1 rings (SSSR count). The summed E-state index contributed by atoms with van der Waals surface area (Å²) in [6, 6.07) is 5.18. The summed E-state index contributed by atoms with van der Waals surface area (Å²) in [6.07, 6.45) is 1.17. The largest absolute Gasteiger partial charge is 0.480 e. The highest BCUT2D eigenvalue weighted by atomic mass is 32.2. The van der Waals surface area contributed by atoms with Crippen LogP contribution in [0.4, 0.5) is 0 Å². The number of carboxylic acid groups (broad SMARTS) is 1. The molecule has 0 aromatic heterocycles. The summed E-state index contributed by atoms with van der Waals surface area (Å²) in [5, 5.41) is 8.77. The maximum absolute atomic E-state index is 11.7. The Morgan fingerprint density at radius 3 is 2.06 bits per heavy atom. The third kappa shape index (κ3) is 2.70. The molecule has 0 saturated heterocycles. The number of hydrogen-bond donors (Lipinski definition) is 2. The highest BCUT2D eigenvalue weighted by Gasteiger charge is 2.32. The van der Waals surface area contributed by atoms with E-state index in [1.54, 1.807) is 38.1 Å². The minimum Gasteiger partial charge on any atom is -0.480 e. The van der Waals surface area contributed by atoms with Gasteiger partial charge in [-0.25, -0.2) is 8.42 Å². The van der Waals surface area contributed by atoms with Crippen LogP contribution in [0.5, 0.6) is 0 Å². The summed E-state index contributed by atoms with van der Waals surface area (Å²) in [5.74, 6) is -1.12. The molecule has 0 radical (unpaired) electrons. The quantitative estimate of drug-likeness (QED) is 0.853.